The molecular formula is C10H14LiNO3S2. The predicted molar refractivity (Wildman–Crippen MR) is 65.6 cm³/mol. The summed E-state index contributed by atoms with van der Waals surface area (Å²) >= 11 is 0. The summed E-state index contributed by atoms with van der Waals surface area (Å²) in [6.45, 7) is 5.88. The van der Waals surface area contributed by atoms with Gasteiger partial charge in [-0.15, -0.1) is 0 Å². The molecule has 0 aromatic heterocycles. The zero-order valence-corrected chi connectivity index (χ0v) is 11.8. The Kier molecular flexibility index (Phi) is 7.29. The van der Waals surface area contributed by atoms with Gasteiger partial charge >= 0.3 is 18.9 Å². The molecular weight excluding hydrogens is 253 g/mol. The van der Waals surface area contributed by atoms with Crippen LogP contribution in [0.3, 0.4) is 0 Å². The van der Waals surface area contributed by atoms with Crippen LogP contribution in [0.25, 0.3) is 0 Å². The molecule has 0 fully saturated rings. The summed E-state index contributed by atoms with van der Waals surface area (Å²) in [6.07, 6.45) is 0. The van der Waals surface area contributed by atoms with Crippen molar-refractivity contribution in [1.82, 2.24) is 0 Å². The molecule has 0 saturated carbocycles. The van der Waals surface area contributed by atoms with Crippen LogP contribution in [-0.4, -0.2) is 26.1 Å². The van der Waals surface area contributed by atoms with Gasteiger partial charge in [0.05, 0.1) is 0 Å². The van der Waals surface area contributed by atoms with E-state index in [1.54, 1.807) is 12.1 Å². The molecule has 1 aromatic rings. The van der Waals surface area contributed by atoms with Gasteiger partial charge in [0.2, 0.25) is 0 Å². The van der Waals surface area contributed by atoms with E-state index < -0.39 is 9.15 Å². The summed E-state index contributed by atoms with van der Waals surface area (Å²) in [6, 6.07) is 6.93. The van der Waals surface area contributed by atoms with E-state index in [1.165, 1.54) is 0 Å². The zero-order valence-electron chi connectivity index (χ0n) is 10.2. The Labute approximate surface area is 118 Å². The van der Waals surface area contributed by atoms with Crippen molar-refractivity contribution in [3.63, 3.8) is 0 Å². The Morgan fingerprint density at radius 3 is 2.00 bits per heavy atom. The minimum Gasteiger partial charge on any atom is -0.739 e. The van der Waals surface area contributed by atoms with Crippen LogP contribution in [0.4, 0.5) is 5.69 Å². The first-order valence-corrected chi connectivity index (χ1v) is 7.70. The van der Waals surface area contributed by atoms with Crippen molar-refractivity contribution < 1.29 is 31.8 Å². The van der Waals surface area contributed by atoms with Crippen molar-refractivity contribution in [2.75, 3.05) is 18.0 Å². The second-order valence-electron chi connectivity index (χ2n) is 3.16. The van der Waals surface area contributed by atoms with Crippen molar-refractivity contribution in [2.45, 2.75) is 18.7 Å². The van der Waals surface area contributed by atoms with E-state index in [2.05, 4.69) is 4.90 Å². The fourth-order valence-corrected chi connectivity index (χ4v) is 2.94. The summed E-state index contributed by atoms with van der Waals surface area (Å²) < 4.78 is 31.6. The predicted octanol–water partition coefficient (Wildman–Crippen LogP) is -0.911. The van der Waals surface area contributed by atoms with Crippen LogP contribution >= 0.6 is 10.8 Å². The van der Waals surface area contributed by atoms with Crippen LogP contribution in [0.2, 0.25) is 0 Å². The molecule has 0 atom stereocenters. The number of benzene rings is 1. The van der Waals surface area contributed by atoms with E-state index in [0.717, 1.165) is 18.8 Å². The van der Waals surface area contributed by atoms with E-state index in [1.807, 2.05) is 26.0 Å². The molecule has 0 heterocycles. The monoisotopic (exact) mass is 267 g/mol. The van der Waals surface area contributed by atoms with Gasteiger partial charge < -0.3 is 9.45 Å². The van der Waals surface area contributed by atoms with Crippen LogP contribution < -0.4 is 23.8 Å². The number of hydrogen-bond acceptors (Lipinski definition) is 5. The quantitative estimate of drug-likeness (QED) is 0.393. The van der Waals surface area contributed by atoms with E-state index in [4.69, 9.17) is 0 Å². The van der Waals surface area contributed by atoms with Crippen LogP contribution in [0.5, 0.6) is 0 Å². The van der Waals surface area contributed by atoms with Crippen LogP contribution in [0.1, 0.15) is 13.8 Å². The molecule has 0 radical (unpaired) electrons. The Balaban J connectivity index is 0.00000256. The fourth-order valence-electron chi connectivity index (χ4n) is 1.42. The Hall–Kier alpha value is -0.123. The molecule has 0 aliphatic rings. The molecule has 0 bridgehead atoms. The molecule has 7 heteroatoms. The minimum absolute atomic E-state index is 0. The topological polar surface area (TPSA) is 60.4 Å². The molecule has 4 nitrogen and oxygen atoms in total. The molecule has 1 rings (SSSR count). The van der Waals surface area contributed by atoms with Gasteiger partial charge in [-0.1, -0.05) is 0 Å². The summed E-state index contributed by atoms with van der Waals surface area (Å²) in [4.78, 5) is 2.59. The second-order valence-corrected chi connectivity index (χ2v) is 6.34. The van der Waals surface area contributed by atoms with Crippen molar-refractivity contribution in [1.29, 1.82) is 0 Å². The number of hydrogen-bond donors (Lipinski definition) is 0. The average Bonchev–Trinajstić information content (AvgIpc) is 2.20. The molecule has 0 unspecified atom stereocenters. The maximum Gasteiger partial charge on any atom is 1.00 e. The van der Waals surface area contributed by atoms with E-state index in [-0.39, 0.29) is 18.9 Å². The molecule has 0 N–H and O–H groups in total. The van der Waals surface area contributed by atoms with Gasteiger partial charge in [0, 0.05) is 23.7 Å². The molecule has 1 aromatic carbocycles. The Morgan fingerprint density at radius 1 is 1.18 bits per heavy atom. The standard InChI is InChI=1S/C10H15NO3S2.Li/c1-3-11(4-2)9-5-7-10(8-6-9)15-16(12,13)14;/h5-8H,3-4H2,1-2H3,(H,12,13,14);/q;+1/p-1. The maximum atomic E-state index is 10.5. The van der Waals surface area contributed by atoms with Gasteiger partial charge in [-0.2, -0.15) is 0 Å². The third kappa shape index (κ3) is 5.84. The first-order chi connectivity index (χ1) is 7.46. The van der Waals surface area contributed by atoms with Gasteiger partial charge in [0.25, 0.3) is 0 Å². The number of rotatable bonds is 5. The van der Waals surface area contributed by atoms with Gasteiger partial charge in [-0.05, 0) is 48.9 Å². The zero-order chi connectivity index (χ0) is 12.2. The third-order valence-electron chi connectivity index (χ3n) is 2.16. The summed E-state index contributed by atoms with van der Waals surface area (Å²) in [5, 5.41) is 0. The minimum atomic E-state index is -4.27. The molecule has 0 spiro atoms. The molecule has 90 valence electrons. The normalized spacial score (nSPS) is 10.8. The van der Waals surface area contributed by atoms with Gasteiger partial charge in [-0.3, -0.25) is 0 Å². The van der Waals surface area contributed by atoms with E-state index in [0.29, 0.717) is 15.7 Å². The largest absolute Gasteiger partial charge is 1.00 e. The van der Waals surface area contributed by atoms with Crippen LogP contribution in [0.15, 0.2) is 29.2 Å². The summed E-state index contributed by atoms with van der Waals surface area (Å²) in [7, 11) is -3.93. The Morgan fingerprint density at radius 2 is 1.65 bits per heavy atom. The van der Waals surface area contributed by atoms with Crippen molar-refractivity contribution >= 4 is 25.6 Å². The smallest absolute Gasteiger partial charge is 0.739 e. The SMILES string of the molecule is CCN(CC)c1ccc(SS(=O)(=O)[O-])cc1.[Li+]. The van der Waals surface area contributed by atoms with Crippen molar-refractivity contribution in [3.8, 4) is 0 Å². The Bertz CT molecular complexity index is 429. The van der Waals surface area contributed by atoms with E-state index >= 15 is 0 Å². The number of anilines is 1. The first-order valence-electron chi connectivity index (χ1n) is 4.96. The van der Waals surface area contributed by atoms with Crippen molar-refractivity contribution in [2.24, 2.45) is 0 Å². The molecule has 17 heavy (non-hydrogen) atoms. The van der Waals surface area contributed by atoms with E-state index in [9.17, 15) is 13.0 Å². The summed E-state index contributed by atoms with van der Waals surface area (Å²) in [5.74, 6) is 0. The van der Waals surface area contributed by atoms with Crippen molar-refractivity contribution in [3.05, 3.63) is 24.3 Å². The van der Waals surface area contributed by atoms with Gasteiger partial charge in [0.1, 0.15) is 0 Å². The van der Waals surface area contributed by atoms with Gasteiger partial charge in [0.15, 0.2) is 9.15 Å². The molecule has 0 aliphatic heterocycles. The molecule has 0 saturated heterocycles. The first kappa shape index (κ1) is 16.9. The maximum absolute atomic E-state index is 10.5. The average molecular weight is 267 g/mol. The number of nitrogens with zero attached hydrogens (tertiary/aromatic N) is 1. The molecule has 0 aliphatic carbocycles. The second kappa shape index (κ2) is 7.34. The van der Waals surface area contributed by atoms with Crippen LogP contribution in [-0.2, 0) is 9.15 Å². The summed E-state index contributed by atoms with van der Waals surface area (Å²) in [5.41, 5.74) is 1.03. The molecule has 0 amide bonds. The van der Waals surface area contributed by atoms with Gasteiger partial charge in [-0.25, -0.2) is 8.42 Å². The fraction of sp³-hybridized carbons (Fsp3) is 0.400. The van der Waals surface area contributed by atoms with Crippen LogP contribution in [0, 0.1) is 0 Å². The third-order valence-corrected chi connectivity index (χ3v) is 4.02.